The Labute approximate surface area is 284 Å². The van der Waals surface area contributed by atoms with Gasteiger partial charge in [-0.15, -0.1) is 0 Å². The number of fused-ring (bicyclic) bond motifs is 2. The Morgan fingerprint density at radius 2 is 1.66 bits per heavy atom. The molecule has 0 spiro atoms. The van der Waals surface area contributed by atoms with Crippen molar-refractivity contribution in [3.8, 4) is 22.5 Å². The first kappa shape index (κ1) is 33.9. The number of sulfonamides is 1. The maximum atomic E-state index is 13.8. The van der Waals surface area contributed by atoms with Crippen LogP contribution in [0, 0.1) is 11.6 Å². The van der Waals surface area contributed by atoms with Gasteiger partial charge in [-0.05, 0) is 60.2 Å². The van der Waals surface area contributed by atoms with E-state index in [9.17, 15) is 31.6 Å². The minimum atomic E-state index is -3.81. The summed E-state index contributed by atoms with van der Waals surface area (Å²) >= 11 is 0. The average molecular weight is 701 g/mol. The van der Waals surface area contributed by atoms with E-state index in [2.05, 4.69) is 15.6 Å². The smallest absolute Gasteiger partial charge is 0.261 e. The highest BCUT2D eigenvalue weighted by atomic mass is 32.2. The van der Waals surface area contributed by atoms with Gasteiger partial charge < -0.3 is 15.1 Å². The second-order valence-electron chi connectivity index (χ2n) is 11.5. The van der Waals surface area contributed by atoms with Crippen molar-refractivity contribution < 1.29 is 31.2 Å². The molecule has 0 aliphatic heterocycles. The lowest BCUT2D eigenvalue weighted by Crippen LogP contribution is -2.30. The molecule has 0 unspecified atom stereocenters. The Kier molecular flexibility index (Phi) is 8.93. The van der Waals surface area contributed by atoms with E-state index in [-0.39, 0.29) is 58.3 Å². The number of amides is 2. The molecule has 0 bridgehead atoms. The fraction of sp³-hybridized carbons (Fsp3) is 0.171. The number of nitrogens with zero attached hydrogens (tertiary/aromatic N) is 4. The summed E-state index contributed by atoms with van der Waals surface area (Å²) in [4.78, 5) is 47.7. The van der Waals surface area contributed by atoms with Crippen LogP contribution in [0.15, 0.2) is 82.1 Å². The molecule has 0 saturated heterocycles. The topological polar surface area (TPSA) is 156 Å². The molecule has 0 fully saturated rings. The predicted molar refractivity (Wildman–Crippen MR) is 184 cm³/mol. The number of hydrogen-bond acceptors (Lipinski definition) is 8. The van der Waals surface area contributed by atoms with Crippen LogP contribution in [0.4, 0.5) is 14.5 Å². The Morgan fingerprint density at radius 3 is 2.30 bits per heavy atom. The standard InChI is InChI=1S/C35H30F2N6O6S/c1-19(44)39-17-31-41-28-13-21(7-12-25(28)35(46)43(31)18-24-11-10-23(37)16-40-24)26-14-27-30(15-29(26)42(3)50(4,47)48)49-33(32(27)34(45)38-2)20-5-8-22(36)9-6-20/h5-16H,17-18H2,1-4H3,(H,38,45)(H,39,44). The fourth-order valence-electron chi connectivity index (χ4n) is 5.56. The van der Waals surface area contributed by atoms with Gasteiger partial charge in [0.15, 0.2) is 0 Å². The van der Waals surface area contributed by atoms with E-state index in [1.54, 1.807) is 24.3 Å². The third-order valence-electron chi connectivity index (χ3n) is 8.15. The van der Waals surface area contributed by atoms with Crippen LogP contribution in [0.5, 0.6) is 0 Å². The van der Waals surface area contributed by atoms with Gasteiger partial charge in [0.1, 0.15) is 28.8 Å². The SMILES string of the molecule is CNC(=O)c1c(-c2ccc(F)cc2)oc2cc(N(C)S(C)(=O)=O)c(-c3ccc4c(=O)n(Cc5ccc(F)cn5)c(CNC(C)=O)nc4c3)cc12. The van der Waals surface area contributed by atoms with Crippen molar-refractivity contribution >= 4 is 49.4 Å². The van der Waals surface area contributed by atoms with Crippen molar-refractivity contribution in [3.05, 3.63) is 112 Å². The number of halogens is 2. The molecule has 0 aliphatic rings. The first-order valence-electron chi connectivity index (χ1n) is 15.2. The summed E-state index contributed by atoms with van der Waals surface area (Å²) in [5.74, 6) is -1.50. The fourth-order valence-corrected chi connectivity index (χ4v) is 6.06. The molecular weight excluding hydrogens is 670 g/mol. The molecule has 12 nitrogen and oxygen atoms in total. The molecule has 15 heteroatoms. The summed E-state index contributed by atoms with van der Waals surface area (Å²) in [6.45, 7) is 1.18. The quantitative estimate of drug-likeness (QED) is 0.222. The average Bonchev–Trinajstić information content (AvgIpc) is 3.46. The maximum Gasteiger partial charge on any atom is 0.261 e. The molecular formula is C35H30F2N6O6S. The molecule has 50 heavy (non-hydrogen) atoms. The lowest BCUT2D eigenvalue weighted by Gasteiger charge is -2.21. The number of carbonyl (C=O) groups is 2. The maximum absolute atomic E-state index is 13.8. The molecule has 6 aromatic rings. The van der Waals surface area contributed by atoms with E-state index in [0.29, 0.717) is 27.8 Å². The number of rotatable bonds is 9. The minimum absolute atomic E-state index is 0.0438. The monoisotopic (exact) mass is 700 g/mol. The highest BCUT2D eigenvalue weighted by Gasteiger charge is 2.26. The molecule has 3 aromatic heterocycles. The number of anilines is 1. The zero-order chi connectivity index (χ0) is 35.9. The zero-order valence-electron chi connectivity index (χ0n) is 27.2. The molecule has 0 atom stereocenters. The zero-order valence-corrected chi connectivity index (χ0v) is 28.1. The van der Waals surface area contributed by atoms with Gasteiger partial charge in [-0.3, -0.25) is 28.2 Å². The number of hydrogen-bond donors (Lipinski definition) is 2. The Morgan fingerprint density at radius 1 is 0.960 bits per heavy atom. The highest BCUT2D eigenvalue weighted by molar-refractivity contribution is 7.92. The third-order valence-corrected chi connectivity index (χ3v) is 9.34. The number of aromatic nitrogens is 3. The van der Waals surface area contributed by atoms with Gasteiger partial charge in [0, 0.05) is 43.6 Å². The van der Waals surface area contributed by atoms with Crippen molar-refractivity contribution in [1.29, 1.82) is 0 Å². The lowest BCUT2D eigenvalue weighted by molar-refractivity contribution is -0.119. The Balaban J connectivity index is 1.59. The summed E-state index contributed by atoms with van der Waals surface area (Å²) in [5, 5.41) is 5.83. The van der Waals surface area contributed by atoms with Gasteiger partial charge in [0.05, 0.1) is 53.4 Å². The van der Waals surface area contributed by atoms with Gasteiger partial charge in [0.25, 0.3) is 11.5 Å². The predicted octanol–water partition coefficient (Wildman–Crippen LogP) is 4.59. The molecule has 6 rings (SSSR count). The van der Waals surface area contributed by atoms with Crippen LogP contribution in [-0.4, -0.2) is 55.1 Å². The Hall–Kier alpha value is -5.96. The molecule has 0 aliphatic carbocycles. The van der Waals surface area contributed by atoms with Crippen molar-refractivity contribution in [1.82, 2.24) is 25.2 Å². The summed E-state index contributed by atoms with van der Waals surface area (Å²) in [7, 11) is -0.989. The van der Waals surface area contributed by atoms with Crippen molar-refractivity contribution in [2.24, 2.45) is 0 Å². The molecule has 3 aromatic carbocycles. The van der Waals surface area contributed by atoms with E-state index in [1.165, 1.54) is 68.1 Å². The normalized spacial score (nSPS) is 11.6. The van der Waals surface area contributed by atoms with Crippen molar-refractivity contribution in [3.63, 3.8) is 0 Å². The number of carbonyl (C=O) groups excluding carboxylic acids is 2. The van der Waals surface area contributed by atoms with E-state index < -0.39 is 33.1 Å². The largest absolute Gasteiger partial charge is 0.455 e. The number of pyridine rings is 1. The van der Waals surface area contributed by atoms with E-state index in [0.717, 1.165) is 16.8 Å². The molecule has 0 saturated carbocycles. The first-order chi connectivity index (χ1) is 23.7. The van der Waals surface area contributed by atoms with Crippen LogP contribution >= 0.6 is 0 Å². The highest BCUT2D eigenvalue weighted by Crippen LogP contribution is 2.41. The van der Waals surface area contributed by atoms with E-state index in [1.807, 2.05) is 0 Å². The van der Waals surface area contributed by atoms with Gasteiger partial charge >= 0.3 is 0 Å². The molecule has 2 amide bonds. The Bertz CT molecular complexity index is 2480. The molecule has 256 valence electrons. The van der Waals surface area contributed by atoms with Crippen LogP contribution in [-0.2, 0) is 27.9 Å². The lowest BCUT2D eigenvalue weighted by atomic mass is 9.97. The molecule has 0 radical (unpaired) electrons. The van der Waals surface area contributed by atoms with E-state index in [4.69, 9.17) is 9.40 Å². The summed E-state index contributed by atoms with van der Waals surface area (Å²) in [6.07, 6.45) is 2.08. The minimum Gasteiger partial charge on any atom is -0.455 e. The van der Waals surface area contributed by atoms with E-state index >= 15 is 0 Å². The van der Waals surface area contributed by atoms with Crippen LogP contribution in [0.3, 0.4) is 0 Å². The number of benzene rings is 3. The summed E-state index contributed by atoms with van der Waals surface area (Å²) < 4.78 is 61.5. The first-order valence-corrected chi connectivity index (χ1v) is 17.0. The van der Waals surface area contributed by atoms with Gasteiger partial charge in [-0.25, -0.2) is 22.2 Å². The summed E-state index contributed by atoms with van der Waals surface area (Å²) in [5.41, 5.74) is 1.99. The van der Waals surface area contributed by atoms with Gasteiger partial charge in [0.2, 0.25) is 15.9 Å². The van der Waals surface area contributed by atoms with Crippen LogP contribution in [0.2, 0.25) is 0 Å². The number of furan rings is 1. The summed E-state index contributed by atoms with van der Waals surface area (Å²) in [6, 6.07) is 16.0. The molecule has 2 N–H and O–H groups in total. The second kappa shape index (κ2) is 13.2. The molecule has 3 heterocycles. The second-order valence-corrected chi connectivity index (χ2v) is 13.5. The van der Waals surface area contributed by atoms with Crippen LogP contribution < -0.4 is 20.5 Å². The van der Waals surface area contributed by atoms with Crippen LogP contribution in [0.1, 0.15) is 28.8 Å². The van der Waals surface area contributed by atoms with Crippen LogP contribution in [0.25, 0.3) is 44.3 Å². The van der Waals surface area contributed by atoms with Gasteiger partial charge in [-0.2, -0.15) is 0 Å². The number of nitrogens with one attached hydrogen (secondary N) is 2. The van der Waals surface area contributed by atoms with Crippen molar-refractivity contribution in [2.45, 2.75) is 20.0 Å². The third kappa shape index (κ3) is 6.54. The van der Waals surface area contributed by atoms with Crippen molar-refractivity contribution in [2.75, 3.05) is 24.7 Å². The van der Waals surface area contributed by atoms with Gasteiger partial charge in [-0.1, -0.05) is 6.07 Å².